The Kier molecular flexibility index (Phi) is 3.16. The van der Waals surface area contributed by atoms with Crippen LogP contribution in [0.1, 0.15) is 18.9 Å². The zero-order valence-electron chi connectivity index (χ0n) is 10.3. The molecule has 2 aromatic rings. The number of nitrogens with one attached hydrogen (secondary N) is 2. The van der Waals surface area contributed by atoms with Crippen LogP contribution in [0, 0.1) is 0 Å². The van der Waals surface area contributed by atoms with Gasteiger partial charge in [-0.2, -0.15) is 0 Å². The third-order valence-electron chi connectivity index (χ3n) is 3.57. The van der Waals surface area contributed by atoms with Gasteiger partial charge in [-0.05, 0) is 44.1 Å². The molecule has 0 aliphatic carbocycles. The first-order valence-electron chi connectivity index (χ1n) is 6.31. The van der Waals surface area contributed by atoms with E-state index in [-0.39, 0.29) is 17.3 Å². The van der Waals surface area contributed by atoms with Crippen LogP contribution in [0.25, 0.3) is 10.9 Å². The van der Waals surface area contributed by atoms with Gasteiger partial charge in [-0.3, -0.25) is 9.36 Å². The Morgan fingerprint density at radius 2 is 1.95 bits per heavy atom. The molecule has 1 aliphatic rings. The predicted octanol–water partition coefficient (Wildman–Crippen LogP) is 1.27. The van der Waals surface area contributed by atoms with Crippen LogP contribution < -0.4 is 16.6 Å². The maximum absolute atomic E-state index is 12.4. The van der Waals surface area contributed by atoms with E-state index in [9.17, 15) is 9.59 Å². The highest BCUT2D eigenvalue weighted by atomic mass is 35.5. The standard InChI is InChI=1S/C13H14ClN3O2/c14-8-1-2-10-11(7-8)16-13(19)17(12(10)18)9-3-5-15-6-4-9/h1-2,7,9,15H,3-6H2,(H,16,19). The van der Waals surface area contributed by atoms with Crippen molar-refractivity contribution >= 4 is 22.5 Å². The second-order valence-corrected chi connectivity index (χ2v) is 5.21. The minimum absolute atomic E-state index is 0.0300. The van der Waals surface area contributed by atoms with Gasteiger partial charge < -0.3 is 10.3 Å². The quantitative estimate of drug-likeness (QED) is 0.826. The molecule has 3 rings (SSSR count). The number of piperidine rings is 1. The average Bonchev–Trinajstić information content (AvgIpc) is 2.39. The topological polar surface area (TPSA) is 66.9 Å². The summed E-state index contributed by atoms with van der Waals surface area (Å²) in [5, 5.41) is 4.23. The SMILES string of the molecule is O=c1[nH]c2cc(Cl)ccc2c(=O)n1C1CCNCC1. The van der Waals surface area contributed by atoms with Crippen LogP contribution in [-0.2, 0) is 0 Å². The fourth-order valence-corrected chi connectivity index (χ4v) is 2.77. The van der Waals surface area contributed by atoms with E-state index in [4.69, 9.17) is 11.6 Å². The lowest BCUT2D eigenvalue weighted by molar-refractivity contribution is 0.352. The molecule has 0 atom stereocenters. The summed E-state index contributed by atoms with van der Waals surface area (Å²) in [7, 11) is 0. The van der Waals surface area contributed by atoms with Gasteiger partial charge in [-0.1, -0.05) is 11.6 Å². The van der Waals surface area contributed by atoms with Gasteiger partial charge in [0.1, 0.15) is 0 Å². The van der Waals surface area contributed by atoms with Crippen molar-refractivity contribution in [3.8, 4) is 0 Å². The lowest BCUT2D eigenvalue weighted by atomic mass is 10.1. The molecule has 2 heterocycles. The van der Waals surface area contributed by atoms with E-state index in [0.717, 1.165) is 25.9 Å². The summed E-state index contributed by atoms with van der Waals surface area (Å²) in [6, 6.07) is 4.90. The van der Waals surface area contributed by atoms with Gasteiger partial charge in [0.25, 0.3) is 5.56 Å². The van der Waals surface area contributed by atoms with Crippen molar-refractivity contribution in [2.24, 2.45) is 0 Å². The maximum atomic E-state index is 12.4. The van der Waals surface area contributed by atoms with Crippen LogP contribution in [0.2, 0.25) is 5.02 Å². The van der Waals surface area contributed by atoms with E-state index in [1.807, 2.05) is 0 Å². The first-order chi connectivity index (χ1) is 9.16. The van der Waals surface area contributed by atoms with E-state index in [0.29, 0.717) is 15.9 Å². The summed E-state index contributed by atoms with van der Waals surface area (Å²) >= 11 is 5.87. The number of fused-ring (bicyclic) bond motifs is 1. The second-order valence-electron chi connectivity index (χ2n) is 4.78. The normalized spacial score (nSPS) is 16.9. The molecule has 1 aliphatic heterocycles. The Hall–Kier alpha value is -1.59. The Bertz CT molecular complexity index is 729. The maximum Gasteiger partial charge on any atom is 0.329 e. The monoisotopic (exact) mass is 279 g/mol. The van der Waals surface area contributed by atoms with Gasteiger partial charge in [-0.25, -0.2) is 4.79 Å². The molecule has 5 nitrogen and oxygen atoms in total. The molecule has 0 unspecified atom stereocenters. The molecule has 100 valence electrons. The smallest absolute Gasteiger partial charge is 0.317 e. The van der Waals surface area contributed by atoms with E-state index in [2.05, 4.69) is 10.3 Å². The largest absolute Gasteiger partial charge is 0.329 e. The van der Waals surface area contributed by atoms with Crippen molar-refractivity contribution in [3.63, 3.8) is 0 Å². The second kappa shape index (κ2) is 4.83. The van der Waals surface area contributed by atoms with E-state index < -0.39 is 0 Å². The molecule has 1 saturated heterocycles. The fourth-order valence-electron chi connectivity index (χ4n) is 2.60. The van der Waals surface area contributed by atoms with Gasteiger partial charge in [0, 0.05) is 11.1 Å². The lowest BCUT2D eigenvalue weighted by Gasteiger charge is -2.23. The molecule has 0 bridgehead atoms. The van der Waals surface area contributed by atoms with Crippen molar-refractivity contribution in [1.82, 2.24) is 14.9 Å². The molecule has 6 heteroatoms. The van der Waals surface area contributed by atoms with E-state index in [1.165, 1.54) is 4.57 Å². The Morgan fingerprint density at radius 3 is 2.68 bits per heavy atom. The first kappa shape index (κ1) is 12.4. The van der Waals surface area contributed by atoms with Crippen LogP contribution in [0.4, 0.5) is 0 Å². The lowest BCUT2D eigenvalue weighted by Crippen LogP contribution is -2.42. The molecule has 0 spiro atoms. The summed E-state index contributed by atoms with van der Waals surface area (Å²) in [4.78, 5) is 27.3. The minimum Gasteiger partial charge on any atom is -0.317 e. The molecular weight excluding hydrogens is 266 g/mol. The Labute approximate surface area is 114 Å². The number of hydrogen-bond acceptors (Lipinski definition) is 3. The molecule has 1 aromatic carbocycles. The number of H-pyrrole nitrogens is 1. The molecule has 0 amide bonds. The van der Waals surface area contributed by atoms with Crippen LogP contribution in [0.15, 0.2) is 27.8 Å². The number of halogens is 1. The molecule has 1 fully saturated rings. The summed E-state index contributed by atoms with van der Waals surface area (Å²) in [6.45, 7) is 1.66. The highest BCUT2D eigenvalue weighted by Crippen LogP contribution is 2.17. The number of rotatable bonds is 1. The molecule has 19 heavy (non-hydrogen) atoms. The number of aromatic nitrogens is 2. The van der Waals surface area contributed by atoms with Crippen LogP contribution in [-0.4, -0.2) is 22.6 Å². The predicted molar refractivity (Wildman–Crippen MR) is 75.0 cm³/mol. The van der Waals surface area contributed by atoms with Crippen LogP contribution >= 0.6 is 11.6 Å². The highest BCUT2D eigenvalue weighted by molar-refractivity contribution is 6.31. The van der Waals surface area contributed by atoms with Crippen molar-refractivity contribution in [3.05, 3.63) is 44.1 Å². The summed E-state index contributed by atoms with van der Waals surface area (Å²) in [5.74, 6) is 0. The van der Waals surface area contributed by atoms with Crippen molar-refractivity contribution < 1.29 is 0 Å². The van der Waals surface area contributed by atoms with E-state index >= 15 is 0 Å². The number of aromatic amines is 1. The minimum atomic E-state index is -0.355. The first-order valence-corrected chi connectivity index (χ1v) is 6.69. The highest BCUT2D eigenvalue weighted by Gasteiger charge is 2.19. The average molecular weight is 280 g/mol. The van der Waals surface area contributed by atoms with Crippen LogP contribution in [0.5, 0.6) is 0 Å². The fraction of sp³-hybridized carbons (Fsp3) is 0.385. The zero-order valence-corrected chi connectivity index (χ0v) is 11.0. The van der Waals surface area contributed by atoms with Crippen molar-refractivity contribution in [2.45, 2.75) is 18.9 Å². The number of benzene rings is 1. The van der Waals surface area contributed by atoms with Gasteiger partial charge in [0.05, 0.1) is 10.9 Å². The molecule has 2 N–H and O–H groups in total. The van der Waals surface area contributed by atoms with Gasteiger partial charge in [-0.15, -0.1) is 0 Å². The third kappa shape index (κ3) is 2.19. The molecule has 0 radical (unpaired) electrons. The van der Waals surface area contributed by atoms with Gasteiger partial charge in [0.2, 0.25) is 0 Å². The van der Waals surface area contributed by atoms with Crippen molar-refractivity contribution in [2.75, 3.05) is 13.1 Å². The summed E-state index contributed by atoms with van der Waals surface area (Å²) in [5.41, 5.74) is -0.0957. The number of nitrogens with zero attached hydrogens (tertiary/aromatic N) is 1. The van der Waals surface area contributed by atoms with Gasteiger partial charge >= 0.3 is 5.69 Å². The molecular formula is C13H14ClN3O2. The van der Waals surface area contributed by atoms with Crippen LogP contribution in [0.3, 0.4) is 0 Å². The third-order valence-corrected chi connectivity index (χ3v) is 3.80. The Morgan fingerprint density at radius 1 is 1.21 bits per heavy atom. The molecule has 0 saturated carbocycles. The van der Waals surface area contributed by atoms with E-state index in [1.54, 1.807) is 18.2 Å². The summed E-state index contributed by atoms with van der Waals surface area (Å²) < 4.78 is 1.34. The number of hydrogen-bond donors (Lipinski definition) is 2. The van der Waals surface area contributed by atoms with Crippen molar-refractivity contribution in [1.29, 1.82) is 0 Å². The Balaban J connectivity index is 2.22. The van der Waals surface area contributed by atoms with Gasteiger partial charge in [0.15, 0.2) is 0 Å². The zero-order chi connectivity index (χ0) is 13.4. The summed E-state index contributed by atoms with van der Waals surface area (Å²) in [6.07, 6.45) is 1.59. The molecule has 1 aromatic heterocycles.